The summed E-state index contributed by atoms with van der Waals surface area (Å²) >= 11 is 0. The molecule has 4 aliphatic carbocycles. The molecule has 1 heterocycles. The fraction of sp³-hybridized carbons (Fsp3) is 0.667. The second-order valence-electron chi connectivity index (χ2n) is 10.2. The number of rotatable bonds is 6. The Kier molecular flexibility index (Phi) is 5.10. The Balaban J connectivity index is 1.07. The summed E-state index contributed by atoms with van der Waals surface area (Å²) in [6.07, 6.45) is 8.09. The zero-order chi connectivity index (χ0) is 19.8. The van der Waals surface area contributed by atoms with Crippen molar-refractivity contribution in [3.63, 3.8) is 0 Å². The van der Waals surface area contributed by atoms with Gasteiger partial charge in [-0.25, -0.2) is 0 Å². The first kappa shape index (κ1) is 19.1. The summed E-state index contributed by atoms with van der Waals surface area (Å²) in [6.45, 7) is 2.93. The van der Waals surface area contributed by atoms with Crippen molar-refractivity contribution in [3.8, 4) is 0 Å². The van der Waals surface area contributed by atoms with Gasteiger partial charge in [-0.15, -0.1) is 0 Å². The van der Waals surface area contributed by atoms with Gasteiger partial charge < -0.3 is 10.6 Å². The summed E-state index contributed by atoms with van der Waals surface area (Å²) in [5.74, 6) is 2.33. The molecular formula is C24H33N3O2. The Bertz CT molecular complexity index is 727. The number of hydrogen-bond donors (Lipinski definition) is 2. The molecule has 6 rings (SSSR count). The predicted octanol–water partition coefficient (Wildman–Crippen LogP) is 2.71. The molecular weight excluding hydrogens is 362 g/mol. The fourth-order valence-electron chi connectivity index (χ4n) is 6.95. The van der Waals surface area contributed by atoms with Crippen molar-refractivity contribution in [1.29, 1.82) is 0 Å². The van der Waals surface area contributed by atoms with Gasteiger partial charge in [-0.1, -0.05) is 30.3 Å². The van der Waals surface area contributed by atoms with E-state index >= 15 is 0 Å². The van der Waals surface area contributed by atoms with Crippen molar-refractivity contribution < 1.29 is 9.59 Å². The number of benzene rings is 1. The van der Waals surface area contributed by atoms with Crippen LogP contribution in [0.3, 0.4) is 0 Å². The zero-order valence-electron chi connectivity index (χ0n) is 17.2. The van der Waals surface area contributed by atoms with Crippen LogP contribution < -0.4 is 10.6 Å². The van der Waals surface area contributed by atoms with Crippen LogP contribution in [-0.4, -0.2) is 42.4 Å². The monoisotopic (exact) mass is 395 g/mol. The molecule has 0 aromatic heterocycles. The molecule has 5 heteroatoms. The smallest absolute Gasteiger partial charge is 0.239 e. The number of nitrogens with one attached hydrogen (secondary N) is 2. The van der Waals surface area contributed by atoms with Crippen LogP contribution in [0.5, 0.6) is 0 Å². The number of likely N-dealkylation sites (tertiary alicyclic amines) is 1. The predicted molar refractivity (Wildman–Crippen MR) is 112 cm³/mol. The Morgan fingerprint density at radius 1 is 1.00 bits per heavy atom. The number of carbonyl (C=O) groups is 2. The lowest BCUT2D eigenvalue weighted by atomic mass is 9.49. The van der Waals surface area contributed by atoms with Crippen LogP contribution in [0.2, 0.25) is 0 Å². The molecule has 1 aromatic rings. The molecule has 0 unspecified atom stereocenters. The molecule has 5 fully saturated rings. The van der Waals surface area contributed by atoms with Crippen LogP contribution >= 0.6 is 0 Å². The summed E-state index contributed by atoms with van der Waals surface area (Å²) in [4.78, 5) is 27.8. The van der Waals surface area contributed by atoms with Gasteiger partial charge in [-0.3, -0.25) is 14.5 Å². The standard InChI is InChI=1S/C24H33N3O2/c28-22(26-21-6-7-27(16-21)15-17-4-2-1-3-5-17)14-25-23(29)24-11-18-8-19(12-24)10-20(9-18)13-24/h1-5,18-21H,6-16H2,(H,25,29)(H,26,28)/t18?,19?,20?,21-,24?/m1/s1. The minimum atomic E-state index is -0.172. The van der Waals surface area contributed by atoms with Crippen molar-refractivity contribution in [2.45, 2.75) is 57.5 Å². The molecule has 1 aromatic carbocycles. The molecule has 156 valence electrons. The topological polar surface area (TPSA) is 61.4 Å². The molecule has 5 aliphatic rings. The lowest BCUT2D eigenvalue weighted by Gasteiger charge is -2.55. The maximum atomic E-state index is 13.0. The molecule has 1 atom stereocenters. The molecule has 2 amide bonds. The Morgan fingerprint density at radius 3 is 2.31 bits per heavy atom. The first-order valence-electron chi connectivity index (χ1n) is 11.4. The van der Waals surface area contributed by atoms with Gasteiger partial charge in [0, 0.05) is 31.1 Å². The normalized spacial score (nSPS) is 35.6. The molecule has 1 saturated heterocycles. The van der Waals surface area contributed by atoms with Gasteiger partial charge in [0.15, 0.2) is 0 Å². The molecule has 0 radical (unpaired) electrons. The van der Waals surface area contributed by atoms with E-state index in [4.69, 9.17) is 0 Å². The lowest BCUT2D eigenvalue weighted by Crippen LogP contribution is -2.55. The van der Waals surface area contributed by atoms with E-state index in [-0.39, 0.29) is 29.8 Å². The van der Waals surface area contributed by atoms with Gasteiger partial charge in [0.2, 0.25) is 11.8 Å². The average Bonchev–Trinajstić information content (AvgIpc) is 3.12. The van der Waals surface area contributed by atoms with Crippen LogP contribution in [0.15, 0.2) is 30.3 Å². The number of nitrogens with zero attached hydrogens (tertiary/aromatic N) is 1. The van der Waals surface area contributed by atoms with Crippen molar-refractivity contribution in [1.82, 2.24) is 15.5 Å². The third-order valence-corrected chi connectivity index (χ3v) is 7.82. The van der Waals surface area contributed by atoms with Crippen molar-refractivity contribution in [2.24, 2.45) is 23.2 Å². The van der Waals surface area contributed by atoms with Gasteiger partial charge in [-0.2, -0.15) is 0 Å². The Labute approximate surface area is 173 Å². The van der Waals surface area contributed by atoms with Crippen LogP contribution in [0, 0.1) is 23.2 Å². The van der Waals surface area contributed by atoms with Crippen LogP contribution in [-0.2, 0) is 16.1 Å². The van der Waals surface area contributed by atoms with Crippen LogP contribution in [0.1, 0.15) is 50.5 Å². The van der Waals surface area contributed by atoms with E-state index in [0.29, 0.717) is 0 Å². The lowest BCUT2D eigenvalue weighted by molar-refractivity contribution is -0.147. The Hall–Kier alpha value is -1.88. The number of hydrogen-bond acceptors (Lipinski definition) is 3. The molecule has 4 bridgehead atoms. The highest BCUT2D eigenvalue weighted by Crippen LogP contribution is 2.60. The second-order valence-corrected chi connectivity index (χ2v) is 10.2. The molecule has 2 N–H and O–H groups in total. The van der Waals surface area contributed by atoms with Gasteiger partial charge >= 0.3 is 0 Å². The minimum absolute atomic E-state index is 0.0466. The SMILES string of the molecule is O=C(CNC(=O)C12CC3CC(CC(C3)C1)C2)N[C@@H]1CCN(Cc2ccccc2)C1. The third-order valence-electron chi connectivity index (χ3n) is 7.82. The number of amides is 2. The van der Waals surface area contributed by atoms with Crippen LogP contribution in [0.25, 0.3) is 0 Å². The van der Waals surface area contributed by atoms with E-state index in [1.165, 1.54) is 24.8 Å². The van der Waals surface area contributed by atoms with Gasteiger partial charge in [0.1, 0.15) is 0 Å². The largest absolute Gasteiger partial charge is 0.350 e. The van der Waals surface area contributed by atoms with Gasteiger partial charge in [0.25, 0.3) is 0 Å². The second kappa shape index (κ2) is 7.75. The highest BCUT2D eigenvalue weighted by Gasteiger charge is 2.54. The first-order valence-corrected chi connectivity index (χ1v) is 11.4. The minimum Gasteiger partial charge on any atom is -0.350 e. The number of carbonyl (C=O) groups excluding carboxylic acids is 2. The summed E-state index contributed by atoms with van der Waals surface area (Å²) < 4.78 is 0. The van der Waals surface area contributed by atoms with Crippen LogP contribution in [0.4, 0.5) is 0 Å². The van der Waals surface area contributed by atoms with E-state index in [1.807, 2.05) is 6.07 Å². The summed E-state index contributed by atoms with van der Waals surface area (Å²) in [7, 11) is 0. The molecule has 1 aliphatic heterocycles. The van der Waals surface area contributed by atoms with E-state index in [0.717, 1.165) is 63.1 Å². The van der Waals surface area contributed by atoms with E-state index in [9.17, 15) is 9.59 Å². The van der Waals surface area contributed by atoms with E-state index < -0.39 is 0 Å². The van der Waals surface area contributed by atoms with E-state index in [2.05, 4.69) is 39.8 Å². The third kappa shape index (κ3) is 4.07. The van der Waals surface area contributed by atoms with E-state index in [1.54, 1.807) is 0 Å². The maximum Gasteiger partial charge on any atom is 0.239 e. The Morgan fingerprint density at radius 2 is 1.66 bits per heavy atom. The zero-order valence-corrected chi connectivity index (χ0v) is 17.2. The average molecular weight is 396 g/mol. The van der Waals surface area contributed by atoms with Gasteiger partial charge in [0.05, 0.1) is 6.54 Å². The maximum absolute atomic E-state index is 13.0. The highest BCUT2D eigenvalue weighted by atomic mass is 16.2. The molecule has 5 nitrogen and oxygen atoms in total. The summed E-state index contributed by atoms with van der Waals surface area (Å²) in [6, 6.07) is 10.6. The summed E-state index contributed by atoms with van der Waals surface area (Å²) in [5, 5.41) is 6.13. The molecule has 4 saturated carbocycles. The van der Waals surface area contributed by atoms with Crippen molar-refractivity contribution in [2.75, 3.05) is 19.6 Å². The van der Waals surface area contributed by atoms with Gasteiger partial charge in [-0.05, 0) is 68.3 Å². The highest BCUT2D eigenvalue weighted by molar-refractivity contribution is 5.88. The first-order chi connectivity index (χ1) is 14.1. The molecule has 0 spiro atoms. The van der Waals surface area contributed by atoms with Crippen molar-refractivity contribution in [3.05, 3.63) is 35.9 Å². The fourth-order valence-corrected chi connectivity index (χ4v) is 6.95. The summed E-state index contributed by atoms with van der Waals surface area (Å²) in [5.41, 5.74) is 1.14. The molecule has 29 heavy (non-hydrogen) atoms. The quantitative estimate of drug-likeness (QED) is 0.779. The van der Waals surface area contributed by atoms with Crippen molar-refractivity contribution >= 4 is 11.8 Å².